The summed E-state index contributed by atoms with van der Waals surface area (Å²) in [6, 6.07) is 8.09. The largest absolute Gasteiger partial charge is 0.382 e. The summed E-state index contributed by atoms with van der Waals surface area (Å²) < 4.78 is 5.16. The Bertz CT molecular complexity index is 424. The number of rotatable bonds is 5. The van der Waals surface area contributed by atoms with Crippen LogP contribution in [0, 0.1) is 11.3 Å². The summed E-state index contributed by atoms with van der Waals surface area (Å²) >= 11 is 1.58. The highest BCUT2D eigenvalue weighted by molar-refractivity contribution is 7.98. The minimum atomic E-state index is -0.197. The number of nitrogens with zero attached hydrogens (tertiary/aromatic N) is 1. The summed E-state index contributed by atoms with van der Waals surface area (Å²) in [7, 11) is 1.67. The zero-order chi connectivity index (χ0) is 12.9. The van der Waals surface area contributed by atoms with Gasteiger partial charge < -0.3 is 10.1 Å². The van der Waals surface area contributed by atoms with Gasteiger partial charge in [-0.05, 0) is 32.2 Å². The van der Waals surface area contributed by atoms with Crippen molar-refractivity contribution in [1.82, 2.24) is 0 Å². The van der Waals surface area contributed by atoms with Crippen LogP contribution in [-0.4, -0.2) is 25.5 Å². The third-order valence-electron chi connectivity index (χ3n) is 2.34. The number of benzene rings is 1. The second-order valence-corrected chi connectivity index (χ2v) is 5.28. The Morgan fingerprint density at radius 3 is 2.71 bits per heavy atom. The van der Waals surface area contributed by atoms with Crippen LogP contribution in [0.3, 0.4) is 0 Å². The number of nitrogens with one attached hydrogen (secondary N) is 1. The van der Waals surface area contributed by atoms with E-state index in [1.165, 1.54) is 0 Å². The van der Waals surface area contributed by atoms with E-state index in [0.717, 1.165) is 10.6 Å². The average molecular weight is 250 g/mol. The van der Waals surface area contributed by atoms with Crippen molar-refractivity contribution in [3.8, 4) is 6.07 Å². The molecule has 4 heteroatoms. The van der Waals surface area contributed by atoms with Gasteiger partial charge in [0.2, 0.25) is 0 Å². The van der Waals surface area contributed by atoms with Crippen LogP contribution in [-0.2, 0) is 4.74 Å². The SMILES string of the molecule is COCC(C)(C)Nc1cccc(SC)c1C#N. The van der Waals surface area contributed by atoms with Gasteiger partial charge >= 0.3 is 0 Å². The van der Waals surface area contributed by atoms with Gasteiger partial charge in [-0.1, -0.05) is 6.07 Å². The third-order valence-corrected chi connectivity index (χ3v) is 3.12. The van der Waals surface area contributed by atoms with E-state index in [-0.39, 0.29) is 5.54 Å². The maximum atomic E-state index is 9.22. The molecule has 0 aliphatic heterocycles. The number of ether oxygens (including phenoxy) is 1. The van der Waals surface area contributed by atoms with Crippen molar-refractivity contribution in [2.75, 3.05) is 25.3 Å². The molecule has 3 nitrogen and oxygen atoms in total. The van der Waals surface area contributed by atoms with Gasteiger partial charge in [0, 0.05) is 12.0 Å². The smallest absolute Gasteiger partial charge is 0.102 e. The van der Waals surface area contributed by atoms with Crippen LogP contribution >= 0.6 is 11.8 Å². The van der Waals surface area contributed by atoms with Crippen molar-refractivity contribution in [3.63, 3.8) is 0 Å². The molecule has 1 N–H and O–H groups in total. The Balaban J connectivity index is 3.03. The predicted octanol–water partition coefficient (Wildman–Crippen LogP) is 3.12. The van der Waals surface area contributed by atoms with Crippen molar-refractivity contribution in [3.05, 3.63) is 23.8 Å². The molecule has 0 aliphatic carbocycles. The van der Waals surface area contributed by atoms with Crippen LogP contribution in [0.2, 0.25) is 0 Å². The molecule has 0 saturated carbocycles. The molecule has 1 rings (SSSR count). The van der Waals surface area contributed by atoms with Crippen molar-refractivity contribution >= 4 is 17.4 Å². The monoisotopic (exact) mass is 250 g/mol. The predicted molar refractivity (Wildman–Crippen MR) is 72.5 cm³/mol. The molecule has 0 unspecified atom stereocenters. The molecule has 0 bridgehead atoms. The quantitative estimate of drug-likeness (QED) is 0.816. The zero-order valence-electron chi connectivity index (χ0n) is 10.7. The lowest BCUT2D eigenvalue weighted by Crippen LogP contribution is -2.36. The van der Waals surface area contributed by atoms with Crippen molar-refractivity contribution < 1.29 is 4.74 Å². The molecule has 1 aromatic rings. The number of hydrogen-bond donors (Lipinski definition) is 1. The molecule has 0 aliphatic rings. The summed E-state index contributed by atoms with van der Waals surface area (Å²) in [5.41, 5.74) is 1.36. The van der Waals surface area contributed by atoms with Gasteiger partial charge in [0.15, 0.2) is 0 Å². The van der Waals surface area contributed by atoms with E-state index in [1.807, 2.05) is 38.3 Å². The molecular weight excluding hydrogens is 232 g/mol. The first-order chi connectivity index (χ1) is 8.04. The molecule has 0 heterocycles. The fourth-order valence-electron chi connectivity index (χ4n) is 1.68. The molecule has 0 fully saturated rings. The highest BCUT2D eigenvalue weighted by atomic mass is 32.2. The van der Waals surface area contributed by atoms with Crippen LogP contribution in [0.15, 0.2) is 23.1 Å². The first kappa shape index (κ1) is 13.9. The van der Waals surface area contributed by atoms with E-state index in [0.29, 0.717) is 12.2 Å². The van der Waals surface area contributed by atoms with Crippen molar-refractivity contribution in [2.24, 2.45) is 0 Å². The minimum absolute atomic E-state index is 0.197. The summed E-state index contributed by atoms with van der Waals surface area (Å²) in [6.07, 6.45) is 1.97. The maximum Gasteiger partial charge on any atom is 0.102 e. The lowest BCUT2D eigenvalue weighted by molar-refractivity contribution is 0.158. The number of nitriles is 1. The molecule has 17 heavy (non-hydrogen) atoms. The maximum absolute atomic E-state index is 9.22. The van der Waals surface area contributed by atoms with Gasteiger partial charge in [0.25, 0.3) is 0 Å². The van der Waals surface area contributed by atoms with Gasteiger partial charge in [-0.15, -0.1) is 11.8 Å². The number of hydrogen-bond acceptors (Lipinski definition) is 4. The first-order valence-electron chi connectivity index (χ1n) is 5.38. The lowest BCUT2D eigenvalue weighted by Gasteiger charge is -2.27. The molecule has 0 atom stereocenters. The minimum Gasteiger partial charge on any atom is -0.382 e. The van der Waals surface area contributed by atoms with Gasteiger partial charge in [-0.25, -0.2) is 0 Å². The van der Waals surface area contributed by atoms with E-state index < -0.39 is 0 Å². The molecule has 0 spiro atoms. The van der Waals surface area contributed by atoms with E-state index in [9.17, 15) is 5.26 Å². The molecule has 0 saturated heterocycles. The lowest BCUT2D eigenvalue weighted by atomic mass is 10.1. The van der Waals surface area contributed by atoms with Crippen LogP contribution in [0.5, 0.6) is 0 Å². The van der Waals surface area contributed by atoms with Crippen LogP contribution in [0.4, 0.5) is 5.69 Å². The molecule has 92 valence electrons. The second kappa shape index (κ2) is 5.95. The van der Waals surface area contributed by atoms with Crippen molar-refractivity contribution in [2.45, 2.75) is 24.3 Å². The second-order valence-electron chi connectivity index (χ2n) is 4.44. The van der Waals surface area contributed by atoms with E-state index in [1.54, 1.807) is 18.9 Å². The third kappa shape index (κ3) is 3.65. The molecule has 1 aromatic carbocycles. The Morgan fingerprint density at radius 2 is 2.18 bits per heavy atom. The molecular formula is C13H18N2OS. The van der Waals surface area contributed by atoms with Crippen LogP contribution in [0.1, 0.15) is 19.4 Å². The van der Waals surface area contributed by atoms with Crippen molar-refractivity contribution in [1.29, 1.82) is 5.26 Å². The van der Waals surface area contributed by atoms with Gasteiger partial charge in [0.1, 0.15) is 6.07 Å². The summed E-state index contributed by atoms with van der Waals surface area (Å²) in [6.45, 7) is 4.67. The van der Waals surface area contributed by atoms with Crippen LogP contribution < -0.4 is 5.32 Å². The molecule has 0 amide bonds. The summed E-state index contributed by atoms with van der Waals surface area (Å²) in [5.74, 6) is 0. The van der Waals surface area contributed by atoms with Crippen LogP contribution in [0.25, 0.3) is 0 Å². The highest BCUT2D eigenvalue weighted by Gasteiger charge is 2.19. The normalized spacial score (nSPS) is 11.0. The van der Waals surface area contributed by atoms with Gasteiger partial charge in [-0.3, -0.25) is 0 Å². The highest BCUT2D eigenvalue weighted by Crippen LogP contribution is 2.28. The topological polar surface area (TPSA) is 45.0 Å². The Kier molecular flexibility index (Phi) is 4.86. The summed E-state index contributed by atoms with van der Waals surface area (Å²) in [4.78, 5) is 0.991. The average Bonchev–Trinajstić information content (AvgIpc) is 2.27. The van der Waals surface area contributed by atoms with Gasteiger partial charge in [0.05, 0.1) is 23.4 Å². The number of thioether (sulfide) groups is 1. The number of anilines is 1. The Labute approximate surface area is 107 Å². The Hall–Kier alpha value is -1.18. The first-order valence-corrected chi connectivity index (χ1v) is 6.61. The van der Waals surface area contributed by atoms with E-state index in [2.05, 4.69) is 11.4 Å². The van der Waals surface area contributed by atoms with E-state index >= 15 is 0 Å². The standard InChI is InChI=1S/C13H18N2OS/c1-13(2,9-16-3)15-11-6-5-7-12(17-4)10(11)8-14/h5-7,15H,9H2,1-4H3. The summed E-state index contributed by atoms with van der Waals surface area (Å²) in [5, 5.41) is 12.6. The zero-order valence-corrected chi connectivity index (χ0v) is 11.5. The molecule has 0 aromatic heterocycles. The fraction of sp³-hybridized carbons (Fsp3) is 0.462. The molecule has 0 radical (unpaired) electrons. The Morgan fingerprint density at radius 1 is 1.47 bits per heavy atom. The number of methoxy groups -OCH3 is 1. The van der Waals surface area contributed by atoms with E-state index in [4.69, 9.17) is 4.74 Å². The van der Waals surface area contributed by atoms with Gasteiger partial charge in [-0.2, -0.15) is 5.26 Å². The fourth-order valence-corrected chi connectivity index (χ4v) is 2.26.